The van der Waals surface area contributed by atoms with Crippen LogP contribution < -0.4 is 0 Å². The van der Waals surface area contributed by atoms with Crippen LogP contribution in [-0.2, 0) is 9.47 Å². The standard InChI is InChI=1S/C14H22N2O9/c17-3-5-11(10(22)13(23)16-2-1-15-12(5)16)25-14-9(21)8(20)7(19)6(4-18)24-14/h1-2,5-11,13-14,17-23H,3-4H2/t5-,6-,7-,8+,9-,10+,11-,13+,14+/m1/s1. The molecule has 1 saturated heterocycles. The van der Waals surface area contributed by atoms with Crippen LogP contribution in [0.25, 0.3) is 0 Å². The molecular weight excluding hydrogens is 340 g/mol. The van der Waals surface area contributed by atoms with Crippen LogP contribution in [0.4, 0.5) is 0 Å². The van der Waals surface area contributed by atoms with Gasteiger partial charge >= 0.3 is 0 Å². The van der Waals surface area contributed by atoms with E-state index in [1.54, 1.807) is 0 Å². The largest absolute Gasteiger partial charge is 0.396 e. The van der Waals surface area contributed by atoms with Crippen molar-refractivity contribution in [2.24, 2.45) is 0 Å². The van der Waals surface area contributed by atoms with Crippen molar-refractivity contribution >= 4 is 0 Å². The molecule has 0 amide bonds. The molecule has 11 heteroatoms. The number of nitrogens with zero attached hydrogens (tertiary/aromatic N) is 2. The quantitative estimate of drug-likeness (QED) is 0.279. The molecule has 0 aromatic carbocycles. The Morgan fingerprint density at radius 3 is 2.36 bits per heavy atom. The molecule has 1 aromatic rings. The number of rotatable bonds is 4. The van der Waals surface area contributed by atoms with Crippen LogP contribution >= 0.6 is 0 Å². The van der Waals surface area contributed by atoms with Gasteiger partial charge in [-0.15, -0.1) is 0 Å². The second kappa shape index (κ2) is 7.23. The fourth-order valence-electron chi connectivity index (χ4n) is 3.25. The molecule has 0 radical (unpaired) electrons. The third kappa shape index (κ3) is 3.07. The van der Waals surface area contributed by atoms with E-state index in [-0.39, 0.29) is 5.82 Å². The highest BCUT2D eigenvalue weighted by Crippen LogP contribution is 2.36. The topological polar surface area (TPSA) is 178 Å². The first-order valence-electron chi connectivity index (χ1n) is 7.86. The molecule has 3 heterocycles. The van der Waals surface area contributed by atoms with Crippen LogP contribution in [0, 0.1) is 0 Å². The third-order valence-corrected chi connectivity index (χ3v) is 4.69. The fourth-order valence-corrected chi connectivity index (χ4v) is 3.25. The Hall–Kier alpha value is -1.15. The van der Waals surface area contributed by atoms with Gasteiger partial charge in [-0.1, -0.05) is 0 Å². The first-order valence-corrected chi connectivity index (χ1v) is 7.86. The molecule has 9 atom stereocenters. The minimum atomic E-state index is -1.66. The Morgan fingerprint density at radius 1 is 1.00 bits per heavy atom. The molecule has 0 saturated carbocycles. The molecule has 142 valence electrons. The summed E-state index contributed by atoms with van der Waals surface area (Å²) in [5, 5.41) is 69.0. The summed E-state index contributed by atoms with van der Waals surface area (Å²) in [6.07, 6.45) is -8.78. The lowest BCUT2D eigenvalue weighted by Crippen LogP contribution is -2.61. The van der Waals surface area contributed by atoms with Crippen LogP contribution in [0.1, 0.15) is 18.0 Å². The summed E-state index contributed by atoms with van der Waals surface area (Å²) >= 11 is 0. The second-order valence-electron chi connectivity index (χ2n) is 6.18. The van der Waals surface area contributed by atoms with Crippen molar-refractivity contribution in [1.29, 1.82) is 0 Å². The number of ether oxygens (including phenoxy) is 2. The van der Waals surface area contributed by atoms with Crippen LogP contribution in [0.3, 0.4) is 0 Å². The van der Waals surface area contributed by atoms with Crippen molar-refractivity contribution in [2.45, 2.75) is 55.1 Å². The summed E-state index contributed by atoms with van der Waals surface area (Å²) < 4.78 is 12.1. The average molecular weight is 362 g/mol. The number of hydrogen-bond donors (Lipinski definition) is 7. The number of hydrogen-bond acceptors (Lipinski definition) is 10. The van der Waals surface area contributed by atoms with Gasteiger partial charge in [-0.05, 0) is 0 Å². The fraction of sp³-hybridized carbons (Fsp3) is 0.786. The molecule has 25 heavy (non-hydrogen) atoms. The third-order valence-electron chi connectivity index (χ3n) is 4.69. The van der Waals surface area contributed by atoms with Gasteiger partial charge in [-0.25, -0.2) is 4.98 Å². The number of aliphatic hydroxyl groups is 7. The van der Waals surface area contributed by atoms with Crippen molar-refractivity contribution in [3.8, 4) is 0 Å². The SMILES string of the molecule is OC[C@H]1O[C@@H](O[C@H]2[C@H](O)[C@H](O)n3ccnc3[C@@H]2CO)[C@H](O)[C@@H](O)[C@@H]1O. The maximum atomic E-state index is 10.3. The van der Waals surface area contributed by atoms with E-state index in [0.29, 0.717) is 0 Å². The number of imidazole rings is 1. The number of aromatic nitrogens is 2. The lowest BCUT2D eigenvalue weighted by Gasteiger charge is -2.44. The highest BCUT2D eigenvalue weighted by atomic mass is 16.7. The van der Waals surface area contributed by atoms with Crippen molar-refractivity contribution in [2.75, 3.05) is 13.2 Å². The average Bonchev–Trinajstić information content (AvgIpc) is 3.09. The Morgan fingerprint density at radius 2 is 1.72 bits per heavy atom. The second-order valence-corrected chi connectivity index (χ2v) is 6.18. The van der Waals surface area contributed by atoms with E-state index in [1.807, 2.05) is 0 Å². The maximum absolute atomic E-state index is 10.3. The molecule has 0 unspecified atom stereocenters. The molecule has 1 fully saturated rings. The first-order chi connectivity index (χ1) is 11.9. The molecular formula is C14H22N2O9. The van der Waals surface area contributed by atoms with E-state index in [9.17, 15) is 35.7 Å². The molecule has 2 aliphatic heterocycles. The smallest absolute Gasteiger partial charge is 0.187 e. The van der Waals surface area contributed by atoms with Gasteiger partial charge in [-0.3, -0.25) is 0 Å². The van der Waals surface area contributed by atoms with Gasteiger partial charge in [0.05, 0.1) is 19.1 Å². The normalized spacial score (nSPS) is 44.5. The van der Waals surface area contributed by atoms with Crippen LogP contribution in [0.15, 0.2) is 12.4 Å². The van der Waals surface area contributed by atoms with E-state index in [4.69, 9.17) is 9.47 Å². The van der Waals surface area contributed by atoms with E-state index in [1.165, 1.54) is 17.0 Å². The van der Waals surface area contributed by atoms with Crippen molar-refractivity contribution in [3.63, 3.8) is 0 Å². The minimum Gasteiger partial charge on any atom is -0.396 e. The van der Waals surface area contributed by atoms with Gasteiger partial charge in [0.15, 0.2) is 12.5 Å². The molecule has 2 aliphatic rings. The zero-order valence-corrected chi connectivity index (χ0v) is 13.1. The van der Waals surface area contributed by atoms with Crippen LogP contribution in [-0.4, -0.2) is 101 Å². The van der Waals surface area contributed by atoms with Crippen LogP contribution in [0.5, 0.6) is 0 Å². The Bertz CT molecular complexity index is 582. The molecule has 1 aromatic heterocycles. The van der Waals surface area contributed by atoms with Gasteiger partial charge in [0.1, 0.15) is 42.4 Å². The highest BCUT2D eigenvalue weighted by Gasteiger charge is 2.49. The lowest BCUT2D eigenvalue weighted by molar-refractivity contribution is -0.325. The minimum absolute atomic E-state index is 0.273. The van der Waals surface area contributed by atoms with Gasteiger partial charge in [-0.2, -0.15) is 0 Å². The zero-order valence-electron chi connectivity index (χ0n) is 13.1. The first kappa shape index (κ1) is 18.6. The summed E-state index contributed by atoms with van der Waals surface area (Å²) in [6.45, 7) is -1.10. The maximum Gasteiger partial charge on any atom is 0.187 e. The lowest BCUT2D eigenvalue weighted by atomic mass is 9.92. The van der Waals surface area contributed by atoms with Crippen LogP contribution in [0.2, 0.25) is 0 Å². The monoisotopic (exact) mass is 362 g/mol. The van der Waals surface area contributed by atoms with Gasteiger partial charge in [0.2, 0.25) is 0 Å². The molecule has 0 aliphatic carbocycles. The van der Waals surface area contributed by atoms with Crippen molar-refractivity contribution < 1.29 is 45.2 Å². The zero-order chi connectivity index (χ0) is 18.3. The highest BCUT2D eigenvalue weighted by molar-refractivity contribution is 5.11. The summed E-state index contributed by atoms with van der Waals surface area (Å²) in [5.74, 6) is -0.560. The van der Waals surface area contributed by atoms with E-state index >= 15 is 0 Å². The molecule has 3 rings (SSSR count). The Balaban J connectivity index is 1.83. The van der Waals surface area contributed by atoms with Crippen molar-refractivity contribution in [1.82, 2.24) is 9.55 Å². The predicted molar refractivity (Wildman–Crippen MR) is 78.0 cm³/mol. The van der Waals surface area contributed by atoms with Gasteiger partial charge < -0.3 is 49.8 Å². The number of aliphatic hydroxyl groups excluding tert-OH is 7. The van der Waals surface area contributed by atoms with E-state index in [0.717, 1.165) is 0 Å². The van der Waals surface area contributed by atoms with E-state index in [2.05, 4.69) is 4.98 Å². The number of fused-ring (bicyclic) bond motifs is 1. The van der Waals surface area contributed by atoms with Gasteiger partial charge in [0.25, 0.3) is 0 Å². The molecule has 0 bridgehead atoms. The summed E-state index contributed by atoms with van der Waals surface area (Å²) in [7, 11) is 0. The molecule has 11 nitrogen and oxygen atoms in total. The Kier molecular flexibility index (Phi) is 5.39. The van der Waals surface area contributed by atoms with Gasteiger partial charge in [0, 0.05) is 12.4 Å². The summed E-state index contributed by atoms with van der Waals surface area (Å²) in [5.41, 5.74) is 0. The predicted octanol–water partition coefficient (Wildman–Crippen LogP) is -3.99. The Labute approximate surface area is 142 Å². The van der Waals surface area contributed by atoms with Crippen molar-refractivity contribution in [3.05, 3.63) is 18.2 Å². The summed E-state index contributed by atoms with van der Waals surface area (Å²) in [6, 6.07) is 0. The molecule has 7 N–H and O–H groups in total. The summed E-state index contributed by atoms with van der Waals surface area (Å²) in [4.78, 5) is 4.03. The van der Waals surface area contributed by atoms with E-state index < -0.39 is 68.3 Å². The molecule has 0 spiro atoms.